The van der Waals surface area contributed by atoms with Gasteiger partial charge in [-0.1, -0.05) is 24.3 Å². The molecule has 8 heteroatoms. The third-order valence-corrected chi connectivity index (χ3v) is 5.61. The molecule has 4 rings (SSSR count). The summed E-state index contributed by atoms with van der Waals surface area (Å²) >= 11 is 0. The summed E-state index contributed by atoms with van der Waals surface area (Å²) in [6, 6.07) is 13.2. The number of carbonyl (C=O) groups excluding carboxylic acids is 4. The number of hydrogen-bond acceptors (Lipinski definition) is 6. The fraction of sp³-hybridized carbons (Fsp3) is 0.273. The molecule has 2 aromatic carbocycles. The van der Waals surface area contributed by atoms with E-state index in [9.17, 15) is 19.2 Å². The number of amides is 2. The van der Waals surface area contributed by atoms with Gasteiger partial charge in [0, 0.05) is 19.9 Å². The molecule has 0 saturated carbocycles. The first-order valence-corrected chi connectivity index (χ1v) is 9.45. The monoisotopic (exact) mass is 408 g/mol. The maximum atomic E-state index is 13.2. The van der Waals surface area contributed by atoms with Crippen molar-refractivity contribution in [2.24, 2.45) is 0 Å². The number of esters is 2. The molecule has 0 spiro atoms. The minimum absolute atomic E-state index is 0.0618. The fourth-order valence-electron chi connectivity index (χ4n) is 4.01. The van der Waals surface area contributed by atoms with E-state index in [4.69, 9.17) is 4.74 Å². The van der Waals surface area contributed by atoms with Crippen LogP contribution < -0.4 is 4.90 Å². The molecule has 0 aromatic heterocycles. The highest BCUT2D eigenvalue weighted by Crippen LogP contribution is 2.44. The number of benzene rings is 2. The summed E-state index contributed by atoms with van der Waals surface area (Å²) in [5.41, 5.74) is 0.329. The van der Waals surface area contributed by atoms with E-state index in [1.165, 1.54) is 24.0 Å². The van der Waals surface area contributed by atoms with E-state index in [1.807, 2.05) is 0 Å². The Bertz CT molecular complexity index is 1050. The normalized spacial score (nSPS) is 19.9. The number of carbonyl (C=O) groups is 4. The fourth-order valence-corrected chi connectivity index (χ4v) is 4.01. The van der Waals surface area contributed by atoms with Crippen molar-refractivity contribution in [2.45, 2.75) is 25.1 Å². The first kappa shape index (κ1) is 19.6. The highest BCUT2D eigenvalue weighted by atomic mass is 16.5. The number of ether oxygens (including phenoxy) is 2. The van der Waals surface area contributed by atoms with Crippen LogP contribution in [0.4, 0.5) is 5.69 Å². The maximum absolute atomic E-state index is 13.2. The number of likely N-dealkylation sites (N-methyl/N-ethyl adjacent to an activating group) is 1. The van der Waals surface area contributed by atoms with E-state index in [0.717, 1.165) is 0 Å². The predicted octanol–water partition coefficient (Wildman–Crippen LogP) is 2.13. The van der Waals surface area contributed by atoms with Gasteiger partial charge < -0.3 is 14.4 Å². The third-order valence-electron chi connectivity index (χ3n) is 5.61. The molecule has 30 heavy (non-hydrogen) atoms. The summed E-state index contributed by atoms with van der Waals surface area (Å²) in [5.74, 6) is -1.70. The van der Waals surface area contributed by atoms with E-state index in [2.05, 4.69) is 4.74 Å². The first-order valence-electron chi connectivity index (χ1n) is 9.45. The summed E-state index contributed by atoms with van der Waals surface area (Å²) < 4.78 is 10.2. The van der Waals surface area contributed by atoms with Gasteiger partial charge in [0.25, 0.3) is 5.91 Å². The number of anilines is 1. The van der Waals surface area contributed by atoms with Gasteiger partial charge in [0.05, 0.1) is 23.9 Å². The van der Waals surface area contributed by atoms with Crippen molar-refractivity contribution in [3.63, 3.8) is 0 Å². The van der Waals surface area contributed by atoms with Crippen molar-refractivity contribution in [3.8, 4) is 0 Å². The molecular weight excluding hydrogens is 388 g/mol. The third kappa shape index (κ3) is 2.83. The Balaban J connectivity index is 1.60. The van der Waals surface area contributed by atoms with Crippen LogP contribution in [0.3, 0.4) is 0 Å². The minimum atomic E-state index is -1.51. The largest absolute Gasteiger partial charge is 0.465 e. The second-order valence-corrected chi connectivity index (χ2v) is 7.19. The topological polar surface area (TPSA) is 93.2 Å². The van der Waals surface area contributed by atoms with E-state index < -0.39 is 17.6 Å². The summed E-state index contributed by atoms with van der Waals surface area (Å²) in [7, 11) is 2.81. The molecule has 0 aliphatic carbocycles. The smallest absolute Gasteiger partial charge is 0.354 e. The zero-order chi connectivity index (χ0) is 21.5. The highest BCUT2D eigenvalue weighted by Gasteiger charge is 2.60. The van der Waals surface area contributed by atoms with Crippen LogP contribution in [0.5, 0.6) is 0 Å². The summed E-state index contributed by atoms with van der Waals surface area (Å²) in [4.78, 5) is 53.0. The second kappa shape index (κ2) is 7.29. The Morgan fingerprint density at radius 1 is 1.07 bits per heavy atom. The molecule has 1 atom stereocenters. The standard InChI is InChI=1S/C22H20N2O6/c1-23-19(26)16-5-3-4-6-17(16)24-18(25)11-12-22(23,24)21(28)30-13-14-7-9-15(10-8-14)20(27)29-2/h3-10H,11-13H2,1-2H3/t22-/m0/s1. The van der Waals surface area contributed by atoms with Gasteiger partial charge in [0.2, 0.25) is 11.6 Å². The van der Waals surface area contributed by atoms with Crippen molar-refractivity contribution in [2.75, 3.05) is 19.1 Å². The summed E-state index contributed by atoms with van der Waals surface area (Å²) in [6.45, 7) is -0.0618. The average molecular weight is 408 g/mol. The van der Waals surface area contributed by atoms with Gasteiger partial charge in [-0.25, -0.2) is 9.59 Å². The molecule has 2 aliphatic heterocycles. The number of hydrogen-bond donors (Lipinski definition) is 0. The van der Waals surface area contributed by atoms with Crippen molar-refractivity contribution in [1.82, 2.24) is 4.90 Å². The minimum Gasteiger partial charge on any atom is -0.465 e. The lowest BCUT2D eigenvalue weighted by Gasteiger charge is -2.46. The van der Waals surface area contributed by atoms with E-state index in [1.54, 1.807) is 48.5 Å². The Morgan fingerprint density at radius 2 is 1.77 bits per heavy atom. The van der Waals surface area contributed by atoms with Gasteiger partial charge in [0.1, 0.15) is 6.61 Å². The SMILES string of the molecule is COC(=O)c1ccc(COC(=O)[C@]23CCC(=O)N2c2ccccc2C(=O)N3C)cc1. The average Bonchev–Trinajstić information content (AvgIpc) is 3.14. The molecule has 2 aromatic rings. The van der Waals surface area contributed by atoms with Gasteiger partial charge in [-0.15, -0.1) is 0 Å². The van der Waals surface area contributed by atoms with E-state index in [0.29, 0.717) is 22.4 Å². The summed E-state index contributed by atoms with van der Waals surface area (Å²) in [6.07, 6.45) is 0.289. The second-order valence-electron chi connectivity index (χ2n) is 7.19. The molecule has 2 heterocycles. The van der Waals surface area contributed by atoms with E-state index in [-0.39, 0.29) is 31.3 Å². The number of rotatable bonds is 4. The zero-order valence-corrected chi connectivity index (χ0v) is 16.6. The number of fused-ring (bicyclic) bond motifs is 3. The quantitative estimate of drug-likeness (QED) is 0.720. The lowest BCUT2D eigenvalue weighted by atomic mass is 9.97. The number of methoxy groups -OCH3 is 1. The van der Waals surface area contributed by atoms with Crippen molar-refractivity contribution in [3.05, 3.63) is 65.2 Å². The molecule has 0 unspecified atom stereocenters. The lowest BCUT2D eigenvalue weighted by molar-refractivity contribution is -0.157. The molecule has 8 nitrogen and oxygen atoms in total. The molecule has 1 fully saturated rings. The lowest BCUT2D eigenvalue weighted by Crippen LogP contribution is -2.67. The van der Waals surface area contributed by atoms with Crippen LogP contribution in [0.25, 0.3) is 0 Å². The van der Waals surface area contributed by atoms with Gasteiger partial charge in [0.15, 0.2) is 0 Å². The Kier molecular flexibility index (Phi) is 4.77. The molecule has 2 aliphatic rings. The number of nitrogens with zero attached hydrogens (tertiary/aromatic N) is 2. The Labute approximate surface area is 173 Å². The molecule has 2 amide bonds. The van der Waals surface area contributed by atoms with Crippen LogP contribution in [0, 0.1) is 0 Å². The molecule has 1 saturated heterocycles. The van der Waals surface area contributed by atoms with Crippen molar-refractivity contribution >= 4 is 29.4 Å². The highest BCUT2D eigenvalue weighted by molar-refractivity contribution is 6.15. The summed E-state index contributed by atoms with van der Waals surface area (Å²) in [5, 5.41) is 0. The predicted molar refractivity (Wildman–Crippen MR) is 106 cm³/mol. The number of para-hydroxylation sites is 1. The maximum Gasteiger partial charge on any atom is 0.354 e. The molecule has 0 bridgehead atoms. The van der Waals surface area contributed by atoms with Crippen LogP contribution in [-0.4, -0.2) is 48.5 Å². The molecule has 0 radical (unpaired) electrons. The molecule has 0 N–H and O–H groups in total. The van der Waals surface area contributed by atoms with Crippen LogP contribution in [-0.2, 0) is 25.7 Å². The zero-order valence-electron chi connectivity index (χ0n) is 16.6. The van der Waals surface area contributed by atoms with Gasteiger partial charge in [-0.2, -0.15) is 0 Å². The van der Waals surface area contributed by atoms with Crippen molar-refractivity contribution in [1.29, 1.82) is 0 Å². The first-order chi connectivity index (χ1) is 14.4. The van der Waals surface area contributed by atoms with Crippen LogP contribution in [0.2, 0.25) is 0 Å². The van der Waals surface area contributed by atoms with Crippen LogP contribution in [0.15, 0.2) is 48.5 Å². The van der Waals surface area contributed by atoms with Gasteiger partial charge in [-0.3, -0.25) is 14.5 Å². The Hall–Kier alpha value is -3.68. The van der Waals surface area contributed by atoms with Gasteiger partial charge in [-0.05, 0) is 29.8 Å². The van der Waals surface area contributed by atoms with Crippen LogP contribution in [0.1, 0.15) is 39.1 Å². The van der Waals surface area contributed by atoms with Crippen LogP contribution >= 0.6 is 0 Å². The molecule has 154 valence electrons. The Morgan fingerprint density at radius 3 is 2.47 bits per heavy atom. The van der Waals surface area contributed by atoms with E-state index >= 15 is 0 Å². The molecular formula is C22H20N2O6. The van der Waals surface area contributed by atoms with Gasteiger partial charge >= 0.3 is 11.9 Å². The van der Waals surface area contributed by atoms with Crippen molar-refractivity contribution < 1.29 is 28.7 Å².